The summed E-state index contributed by atoms with van der Waals surface area (Å²) in [6.07, 6.45) is 3.25. The van der Waals surface area contributed by atoms with E-state index in [0.717, 1.165) is 0 Å². The highest BCUT2D eigenvalue weighted by Gasteiger charge is 1.99. The molecule has 0 unspecified atom stereocenters. The summed E-state index contributed by atoms with van der Waals surface area (Å²) in [6.45, 7) is 3.64. The van der Waals surface area contributed by atoms with E-state index >= 15 is 0 Å². The quantitative estimate of drug-likeness (QED) is 0.479. The van der Waals surface area contributed by atoms with Crippen LogP contribution < -0.4 is 11.1 Å². The zero-order chi connectivity index (χ0) is 14.3. The number of aliphatic imine (C=N–C) groups is 1. The molecule has 0 saturated heterocycles. The fraction of sp³-hybridized carbons (Fsp3) is 0.154. The zero-order valence-corrected chi connectivity index (χ0v) is 10.9. The molecule has 1 aromatic rings. The highest BCUT2D eigenvalue weighted by Crippen LogP contribution is 2.21. The Bertz CT molecular complexity index is 513. The number of benzene rings is 1. The molecule has 0 amide bonds. The van der Waals surface area contributed by atoms with Gasteiger partial charge in [0.25, 0.3) is 0 Å². The Morgan fingerprint density at radius 2 is 2.26 bits per heavy atom. The molecule has 0 aliphatic heterocycles. The van der Waals surface area contributed by atoms with Crippen LogP contribution in [0.5, 0.6) is 0 Å². The van der Waals surface area contributed by atoms with Gasteiger partial charge in [0.2, 0.25) is 0 Å². The van der Waals surface area contributed by atoms with Crippen LogP contribution in [0.2, 0.25) is 5.02 Å². The van der Waals surface area contributed by atoms with Crippen molar-refractivity contribution < 1.29 is 8.78 Å². The van der Waals surface area contributed by atoms with Gasteiger partial charge >= 0.3 is 0 Å². The largest absolute Gasteiger partial charge is 0.384 e. The van der Waals surface area contributed by atoms with Gasteiger partial charge < -0.3 is 11.1 Å². The first-order valence-corrected chi connectivity index (χ1v) is 5.86. The topological polar surface area (TPSA) is 50.4 Å². The van der Waals surface area contributed by atoms with Gasteiger partial charge in [0.15, 0.2) is 0 Å². The summed E-state index contributed by atoms with van der Waals surface area (Å²) in [5.41, 5.74) is 6.10. The number of nitrogens with two attached hydrogens (primary N) is 1. The van der Waals surface area contributed by atoms with Crippen molar-refractivity contribution in [3.05, 3.63) is 53.6 Å². The van der Waals surface area contributed by atoms with Gasteiger partial charge in [0.1, 0.15) is 17.5 Å². The normalized spacial score (nSPS) is 12.1. The molecule has 0 aliphatic carbocycles. The van der Waals surface area contributed by atoms with Crippen LogP contribution in [0.1, 0.15) is 0 Å². The molecule has 3 N–H and O–H groups in total. The minimum Gasteiger partial charge on any atom is -0.384 e. The van der Waals surface area contributed by atoms with E-state index in [1.807, 2.05) is 0 Å². The van der Waals surface area contributed by atoms with Gasteiger partial charge in [-0.05, 0) is 24.3 Å². The van der Waals surface area contributed by atoms with Gasteiger partial charge in [0.05, 0.1) is 10.7 Å². The smallest absolute Gasteiger partial charge is 0.141 e. The molecule has 0 fully saturated rings. The third-order valence-corrected chi connectivity index (χ3v) is 2.32. The number of nitrogens with zero attached hydrogens (tertiary/aromatic N) is 1. The van der Waals surface area contributed by atoms with Crippen LogP contribution in [0.4, 0.5) is 14.5 Å². The third kappa shape index (κ3) is 6.13. The molecule has 0 saturated carbocycles. The second-order valence-corrected chi connectivity index (χ2v) is 4.09. The van der Waals surface area contributed by atoms with Gasteiger partial charge in [-0.2, -0.15) is 0 Å². The summed E-state index contributed by atoms with van der Waals surface area (Å²) >= 11 is 5.62. The first-order chi connectivity index (χ1) is 8.99. The van der Waals surface area contributed by atoms with Gasteiger partial charge in [0, 0.05) is 13.1 Å². The average molecular weight is 286 g/mol. The Kier molecular flexibility index (Phi) is 6.18. The molecular formula is C13H14ClF2N3. The van der Waals surface area contributed by atoms with E-state index in [2.05, 4.69) is 16.9 Å². The SMILES string of the molecule is C=C(F)CNCC=CC(N)=Nc1ccc(F)c(Cl)c1. The molecule has 0 bridgehead atoms. The van der Waals surface area contributed by atoms with Crippen LogP contribution in [0.25, 0.3) is 0 Å². The van der Waals surface area contributed by atoms with Crippen LogP contribution >= 0.6 is 11.6 Å². The maximum absolute atomic E-state index is 12.9. The highest BCUT2D eigenvalue weighted by atomic mass is 35.5. The van der Waals surface area contributed by atoms with Crippen molar-refractivity contribution in [2.45, 2.75) is 0 Å². The lowest BCUT2D eigenvalue weighted by molar-refractivity contribution is 0.588. The minimum absolute atomic E-state index is 0.0128. The Hall–Kier alpha value is -1.72. The average Bonchev–Trinajstić information content (AvgIpc) is 2.33. The second-order valence-electron chi connectivity index (χ2n) is 3.69. The van der Waals surface area contributed by atoms with Crippen LogP contribution in [0.3, 0.4) is 0 Å². The monoisotopic (exact) mass is 285 g/mol. The first kappa shape index (κ1) is 15.3. The molecular weight excluding hydrogens is 272 g/mol. The van der Waals surface area contributed by atoms with E-state index in [-0.39, 0.29) is 17.4 Å². The number of hydrogen-bond acceptors (Lipinski definition) is 2. The molecule has 3 nitrogen and oxygen atoms in total. The number of nitrogens with one attached hydrogen (secondary N) is 1. The van der Waals surface area contributed by atoms with E-state index < -0.39 is 11.6 Å². The number of hydrogen-bond donors (Lipinski definition) is 2. The van der Waals surface area contributed by atoms with Gasteiger partial charge in [-0.15, -0.1) is 0 Å². The maximum atomic E-state index is 12.9. The van der Waals surface area contributed by atoms with Crippen LogP contribution in [-0.4, -0.2) is 18.9 Å². The Balaban J connectivity index is 2.54. The predicted octanol–water partition coefficient (Wildman–Crippen LogP) is 3.10. The van der Waals surface area contributed by atoms with Gasteiger partial charge in [-0.25, -0.2) is 13.8 Å². The van der Waals surface area contributed by atoms with E-state index in [9.17, 15) is 8.78 Å². The summed E-state index contributed by atoms with van der Waals surface area (Å²) in [5.74, 6) is -0.704. The molecule has 0 heterocycles. The van der Waals surface area contributed by atoms with E-state index in [0.29, 0.717) is 12.2 Å². The summed E-state index contributed by atoms with van der Waals surface area (Å²) in [6, 6.07) is 4.06. The molecule has 1 rings (SSSR count). The lowest BCUT2D eigenvalue weighted by Gasteiger charge is -1.99. The van der Waals surface area contributed by atoms with Crippen molar-refractivity contribution in [2.24, 2.45) is 10.7 Å². The summed E-state index contributed by atoms with van der Waals surface area (Å²) in [7, 11) is 0. The molecule has 0 radical (unpaired) electrons. The number of rotatable bonds is 6. The standard InChI is InChI=1S/C13H14ClF2N3/c1-9(15)8-18-6-2-3-13(17)19-10-4-5-12(16)11(14)7-10/h2-5,7,18H,1,6,8H2,(H2,17,19). The van der Waals surface area contributed by atoms with Crippen LogP contribution in [0.15, 0.2) is 47.7 Å². The Morgan fingerprint density at radius 3 is 2.89 bits per heavy atom. The third-order valence-electron chi connectivity index (χ3n) is 2.03. The molecule has 0 spiro atoms. The maximum Gasteiger partial charge on any atom is 0.141 e. The summed E-state index contributed by atoms with van der Waals surface area (Å²) < 4.78 is 25.2. The summed E-state index contributed by atoms with van der Waals surface area (Å²) in [5, 5.41) is 2.77. The fourth-order valence-electron chi connectivity index (χ4n) is 1.21. The first-order valence-electron chi connectivity index (χ1n) is 5.49. The molecule has 0 atom stereocenters. The van der Waals surface area contributed by atoms with E-state index in [1.165, 1.54) is 18.2 Å². The van der Waals surface area contributed by atoms with Crippen molar-refractivity contribution in [1.82, 2.24) is 5.32 Å². The lowest BCUT2D eigenvalue weighted by atomic mass is 10.3. The molecule has 0 aliphatic rings. The summed E-state index contributed by atoms with van der Waals surface area (Å²) in [4.78, 5) is 4.03. The molecule has 6 heteroatoms. The molecule has 102 valence electrons. The lowest BCUT2D eigenvalue weighted by Crippen LogP contribution is -2.16. The van der Waals surface area contributed by atoms with Crippen molar-refractivity contribution >= 4 is 23.1 Å². The molecule has 19 heavy (non-hydrogen) atoms. The Labute approximate surface area is 115 Å². The highest BCUT2D eigenvalue weighted by molar-refractivity contribution is 6.31. The zero-order valence-electron chi connectivity index (χ0n) is 10.2. The fourth-order valence-corrected chi connectivity index (χ4v) is 1.39. The van der Waals surface area contributed by atoms with Crippen LogP contribution in [-0.2, 0) is 0 Å². The van der Waals surface area contributed by atoms with Gasteiger partial charge in [-0.1, -0.05) is 24.3 Å². The predicted molar refractivity (Wildman–Crippen MR) is 75.0 cm³/mol. The van der Waals surface area contributed by atoms with Crippen molar-refractivity contribution in [3.63, 3.8) is 0 Å². The van der Waals surface area contributed by atoms with Crippen molar-refractivity contribution in [3.8, 4) is 0 Å². The van der Waals surface area contributed by atoms with Crippen molar-refractivity contribution in [1.29, 1.82) is 0 Å². The van der Waals surface area contributed by atoms with Crippen LogP contribution in [0, 0.1) is 5.82 Å². The van der Waals surface area contributed by atoms with Gasteiger partial charge in [-0.3, -0.25) is 0 Å². The second kappa shape index (κ2) is 7.66. The number of amidine groups is 1. The molecule has 1 aromatic carbocycles. The Morgan fingerprint density at radius 1 is 1.53 bits per heavy atom. The molecule has 0 aromatic heterocycles. The number of halogens is 3. The van der Waals surface area contributed by atoms with E-state index in [1.54, 1.807) is 12.2 Å². The van der Waals surface area contributed by atoms with Crippen molar-refractivity contribution in [2.75, 3.05) is 13.1 Å². The minimum atomic E-state index is -0.509. The van der Waals surface area contributed by atoms with E-state index in [4.69, 9.17) is 17.3 Å².